The van der Waals surface area contributed by atoms with E-state index in [9.17, 15) is 13.6 Å². The Hall–Kier alpha value is -1.49. The van der Waals surface area contributed by atoms with E-state index < -0.39 is 11.6 Å². The number of unbranched alkanes of at least 4 members (excludes halogenated alkanes) is 2. The number of nitrogens with zero attached hydrogens (tertiary/aromatic N) is 1. The van der Waals surface area contributed by atoms with Crippen LogP contribution >= 0.6 is 0 Å². The van der Waals surface area contributed by atoms with Gasteiger partial charge in [-0.1, -0.05) is 0 Å². The molecule has 1 amide bonds. The van der Waals surface area contributed by atoms with Gasteiger partial charge in [-0.2, -0.15) is 0 Å². The van der Waals surface area contributed by atoms with Gasteiger partial charge in [-0.3, -0.25) is 4.79 Å². The third-order valence-corrected chi connectivity index (χ3v) is 2.66. The molecule has 0 fully saturated rings. The molecule has 100 valence electrons. The Morgan fingerprint density at radius 3 is 2.56 bits per heavy atom. The summed E-state index contributed by atoms with van der Waals surface area (Å²) in [5.74, 6) is -2.32. The van der Waals surface area contributed by atoms with Crippen LogP contribution in [0.1, 0.15) is 29.6 Å². The largest absolute Gasteiger partial charge is 0.396 e. The number of rotatable bonds is 6. The highest BCUT2D eigenvalue weighted by molar-refractivity contribution is 5.94. The number of carbonyl (C=O) groups excluding carboxylic acids is 1. The van der Waals surface area contributed by atoms with Gasteiger partial charge in [0, 0.05) is 25.8 Å². The van der Waals surface area contributed by atoms with E-state index in [0.29, 0.717) is 13.0 Å². The van der Waals surface area contributed by atoms with Gasteiger partial charge in [0.25, 0.3) is 5.91 Å². The molecule has 0 aromatic heterocycles. The van der Waals surface area contributed by atoms with E-state index in [1.54, 1.807) is 7.05 Å². The van der Waals surface area contributed by atoms with Crippen LogP contribution in [0.5, 0.6) is 0 Å². The second-order valence-corrected chi connectivity index (χ2v) is 4.14. The summed E-state index contributed by atoms with van der Waals surface area (Å²) in [5.41, 5.74) is 0.138. The molecule has 0 saturated heterocycles. The molecule has 0 heterocycles. The quantitative estimate of drug-likeness (QED) is 0.794. The molecule has 1 rings (SSSR count). The van der Waals surface area contributed by atoms with Crippen molar-refractivity contribution in [2.75, 3.05) is 20.2 Å². The van der Waals surface area contributed by atoms with Gasteiger partial charge in [-0.05, 0) is 37.5 Å². The van der Waals surface area contributed by atoms with Crippen molar-refractivity contribution in [3.8, 4) is 0 Å². The number of hydrogen-bond acceptors (Lipinski definition) is 2. The molecule has 0 saturated carbocycles. The Morgan fingerprint density at radius 1 is 1.22 bits per heavy atom. The van der Waals surface area contributed by atoms with Gasteiger partial charge in [0.15, 0.2) is 11.6 Å². The molecule has 0 aliphatic rings. The summed E-state index contributed by atoms with van der Waals surface area (Å²) in [5, 5.41) is 8.62. The van der Waals surface area contributed by atoms with Crippen LogP contribution in [0.15, 0.2) is 18.2 Å². The number of aliphatic hydroxyl groups is 1. The maximum Gasteiger partial charge on any atom is 0.253 e. The molecule has 1 aromatic rings. The predicted molar refractivity (Wildman–Crippen MR) is 64.3 cm³/mol. The molecule has 0 aliphatic heterocycles. The summed E-state index contributed by atoms with van der Waals surface area (Å²) < 4.78 is 25.7. The maximum atomic E-state index is 13.0. The molecule has 1 aromatic carbocycles. The van der Waals surface area contributed by atoms with E-state index in [1.165, 1.54) is 11.0 Å². The minimum atomic E-state index is -1.02. The molecule has 1 N–H and O–H groups in total. The van der Waals surface area contributed by atoms with Crippen molar-refractivity contribution < 1.29 is 18.7 Å². The lowest BCUT2D eigenvalue weighted by Crippen LogP contribution is -2.27. The Morgan fingerprint density at radius 2 is 1.94 bits per heavy atom. The fraction of sp³-hybridized carbons (Fsp3) is 0.462. The molecule has 3 nitrogen and oxygen atoms in total. The van der Waals surface area contributed by atoms with Crippen LogP contribution in [-0.2, 0) is 0 Å². The standard InChI is InChI=1S/C13H17F2NO2/c1-16(7-3-2-4-8-17)13(18)10-5-6-11(14)12(15)9-10/h5-6,9,17H,2-4,7-8H2,1H3. The van der Waals surface area contributed by atoms with Gasteiger partial charge in [0.2, 0.25) is 0 Å². The second-order valence-electron chi connectivity index (χ2n) is 4.14. The van der Waals surface area contributed by atoms with E-state index in [0.717, 1.165) is 25.0 Å². The van der Waals surface area contributed by atoms with Crippen LogP contribution in [-0.4, -0.2) is 36.1 Å². The zero-order chi connectivity index (χ0) is 13.5. The van der Waals surface area contributed by atoms with Crippen LogP contribution in [0.2, 0.25) is 0 Å². The van der Waals surface area contributed by atoms with Crippen LogP contribution < -0.4 is 0 Å². The minimum absolute atomic E-state index is 0.138. The van der Waals surface area contributed by atoms with E-state index >= 15 is 0 Å². The molecule has 18 heavy (non-hydrogen) atoms. The third-order valence-electron chi connectivity index (χ3n) is 2.66. The summed E-state index contributed by atoms with van der Waals surface area (Å²) in [7, 11) is 1.61. The lowest BCUT2D eigenvalue weighted by Gasteiger charge is -2.17. The fourth-order valence-electron chi connectivity index (χ4n) is 1.59. The normalized spacial score (nSPS) is 10.4. The summed E-state index contributed by atoms with van der Waals surface area (Å²) in [6, 6.07) is 3.12. The zero-order valence-electron chi connectivity index (χ0n) is 10.3. The number of aliphatic hydroxyl groups excluding tert-OH is 1. The van der Waals surface area contributed by atoms with Crippen molar-refractivity contribution in [2.24, 2.45) is 0 Å². The van der Waals surface area contributed by atoms with Gasteiger partial charge in [-0.25, -0.2) is 8.78 Å². The van der Waals surface area contributed by atoms with Crippen molar-refractivity contribution in [1.82, 2.24) is 4.90 Å². The van der Waals surface area contributed by atoms with E-state index in [4.69, 9.17) is 5.11 Å². The second kappa shape index (κ2) is 7.06. The van der Waals surface area contributed by atoms with Crippen LogP contribution in [0, 0.1) is 11.6 Å². The number of halogens is 2. The maximum absolute atomic E-state index is 13.0. The Kier molecular flexibility index (Phi) is 5.71. The molecular weight excluding hydrogens is 240 g/mol. The number of hydrogen-bond donors (Lipinski definition) is 1. The van der Waals surface area contributed by atoms with Crippen LogP contribution in [0.4, 0.5) is 8.78 Å². The first kappa shape index (κ1) is 14.6. The third kappa shape index (κ3) is 4.07. The van der Waals surface area contributed by atoms with Crippen molar-refractivity contribution >= 4 is 5.91 Å². The zero-order valence-corrected chi connectivity index (χ0v) is 10.3. The molecule has 0 radical (unpaired) electrons. The van der Waals surface area contributed by atoms with Crippen molar-refractivity contribution in [2.45, 2.75) is 19.3 Å². The van der Waals surface area contributed by atoms with Gasteiger partial charge in [-0.15, -0.1) is 0 Å². The first-order chi connectivity index (χ1) is 8.56. The SMILES string of the molecule is CN(CCCCCO)C(=O)c1ccc(F)c(F)c1. The average Bonchev–Trinajstić information content (AvgIpc) is 2.37. The van der Waals surface area contributed by atoms with Gasteiger partial charge in [0.1, 0.15) is 0 Å². The van der Waals surface area contributed by atoms with Crippen molar-refractivity contribution in [1.29, 1.82) is 0 Å². The number of carbonyl (C=O) groups is 1. The van der Waals surface area contributed by atoms with Gasteiger partial charge in [0.05, 0.1) is 0 Å². The van der Waals surface area contributed by atoms with Crippen molar-refractivity contribution in [3.63, 3.8) is 0 Å². The molecule has 0 bridgehead atoms. The molecular formula is C13H17F2NO2. The monoisotopic (exact) mass is 257 g/mol. The Balaban J connectivity index is 2.54. The molecule has 5 heteroatoms. The first-order valence-electron chi connectivity index (χ1n) is 5.87. The summed E-state index contributed by atoms with van der Waals surface area (Å²) in [6.07, 6.45) is 2.30. The van der Waals surface area contributed by atoms with Crippen molar-refractivity contribution in [3.05, 3.63) is 35.4 Å². The Labute approximate surface area is 105 Å². The highest BCUT2D eigenvalue weighted by Crippen LogP contribution is 2.11. The van der Waals surface area contributed by atoms with Gasteiger partial charge < -0.3 is 10.0 Å². The number of benzene rings is 1. The molecule has 0 unspecified atom stereocenters. The topological polar surface area (TPSA) is 40.5 Å². The Bertz CT molecular complexity index is 410. The lowest BCUT2D eigenvalue weighted by atomic mass is 10.1. The fourth-order valence-corrected chi connectivity index (χ4v) is 1.59. The number of amides is 1. The van der Waals surface area contributed by atoms with Crippen LogP contribution in [0.3, 0.4) is 0 Å². The predicted octanol–water partition coefficient (Wildman–Crippen LogP) is 2.20. The summed E-state index contributed by atoms with van der Waals surface area (Å²) in [4.78, 5) is 13.3. The lowest BCUT2D eigenvalue weighted by molar-refractivity contribution is 0.0791. The summed E-state index contributed by atoms with van der Waals surface area (Å²) in [6.45, 7) is 0.665. The minimum Gasteiger partial charge on any atom is -0.396 e. The smallest absolute Gasteiger partial charge is 0.253 e. The summed E-state index contributed by atoms with van der Waals surface area (Å²) >= 11 is 0. The molecule has 0 aliphatic carbocycles. The highest BCUT2D eigenvalue weighted by atomic mass is 19.2. The highest BCUT2D eigenvalue weighted by Gasteiger charge is 2.13. The van der Waals surface area contributed by atoms with E-state index in [-0.39, 0.29) is 18.1 Å². The molecule has 0 atom stereocenters. The first-order valence-corrected chi connectivity index (χ1v) is 5.87. The molecule has 0 spiro atoms. The van der Waals surface area contributed by atoms with Gasteiger partial charge >= 0.3 is 0 Å². The van der Waals surface area contributed by atoms with Crippen LogP contribution in [0.25, 0.3) is 0 Å². The van der Waals surface area contributed by atoms with E-state index in [2.05, 4.69) is 0 Å². The average molecular weight is 257 g/mol. The van der Waals surface area contributed by atoms with E-state index in [1.807, 2.05) is 0 Å².